The SMILES string of the molecule is CCNC(=NCc1cccc2ccccc12)NCc1nnc2ccccn12.I. The highest BCUT2D eigenvalue weighted by Gasteiger charge is 2.06. The van der Waals surface area contributed by atoms with Gasteiger partial charge in [-0.1, -0.05) is 48.5 Å². The number of hydrogen-bond donors (Lipinski definition) is 2. The molecule has 0 saturated heterocycles. The molecular formula is C21H23IN6. The Morgan fingerprint density at radius 2 is 1.79 bits per heavy atom. The second-order valence-corrected chi connectivity index (χ2v) is 6.23. The first-order valence-electron chi connectivity index (χ1n) is 9.12. The number of nitrogens with zero attached hydrogens (tertiary/aromatic N) is 4. The lowest BCUT2D eigenvalue weighted by molar-refractivity contribution is 0.765. The molecule has 0 amide bonds. The summed E-state index contributed by atoms with van der Waals surface area (Å²) < 4.78 is 1.97. The van der Waals surface area contributed by atoms with Crippen molar-refractivity contribution in [2.45, 2.75) is 20.0 Å². The highest BCUT2D eigenvalue weighted by molar-refractivity contribution is 14.0. The summed E-state index contributed by atoms with van der Waals surface area (Å²) in [6.45, 7) is 4.01. The third-order valence-electron chi connectivity index (χ3n) is 4.43. The molecule has 0 saturated carbocycles. The number of aromatic nitrogens is 3. The highest BCUT2D eigenvalue weighted by Crippen LogP contribution is 2.19. The van der Waals surface area contributed by atoms with Crippen molar-refractivity contribution in [3.63, 3.8) is 0 Å². The Labute approximate surface area is 181 Å². The van der Waals surface area contributed by atoms with Crippen molar-refractivity contribution in [1.29, 1.82) is 0 Å². The van der Waals surface area contributed by atoms with Crippen LogP contribution in [-0.4, -0.2) is 27.1 Å². The maximum Gasteiger partial charge on any atom is 0.191 e. The molecule has 0 aliphatic carbocycles. The monoisotopic (exact) mass is 486 g/mol. The normalized spacial score (nSPS) is 11.4. The first-order chi connectivity index (χ1) is 13.3. The zero-order chi connectivity index (χ0) is 18.5. The molecule has 0 bridgehead atoms. The number of pyridine rings is 1. The minimum absolute atomic E-state index is 0. The fourth-order valence-corrected chi connectivity index (χ4v) is 3.11. The second-order valence-electron chi connectivity index (χ2n) is 6.23. The van der Waals surface area contributed by atoms with Crippen LogP contribution >= 0.6 is 24.0 Å². The molecule has 4 rings (SSSR count). The van der Waals surface area contributed by atoms with Crippen molar-refractivity contribution in [3.05, 3.63) is 78.2 Å². The van der Waals surface area contributed by atoms with Crippen LogP contribution < -0.4 is 10.6 Å². The van der Waals surface area contributed by atoms with Crippen LogP contribution in [0.15, 0.2) is 71.9 Å². The number of benzene rings is 2. The number of nitrogens with one attached hydrogen (secondary N) is 2. The van der Waals surface area contributed by atoms with Crippen LogP contribution in [0.1, 0.15) is 18.3 Å². The van der Waals surface area contributed by atoms with Crippen LogP contribution in [0.3, 0.4) is 0 Å². The standard InChI is InChI=1S/C21H22N6.HI/c1-2-22-21(24-15-20-26-25-19-12-5-6-13-27(19)20)23-14-17-10-7-9-16-8-3-4-11-18(16)17;/h3-13H,2,14-15H2,1H3,(H2,22,23,24);1H. The topological polar surface area (TPSA) is 66.6 Å². The lowest BCUT2D eigenvalue weighted by Gasteiger charge is -2.11. The van der Waals surface area contributed by atoms with Gasteiger partial charge >= 0.3 is 0 Å². The molecule has 7 heteroatoms. The molecule has 4 aromatic rings. The average Bonchev–Trinajstić information content (AvgIpc) is 3.13. The van der Waals surface area contributed by atoms with Crippen LogP contribution in [0.4, 0.5) is 0 Å². The Kier molecular flexibility index (Phi) is 6.80. The van der Waals surface area contributed by atoms with Crippen molar-refractivity contribution < 1.29 is 0 Å². The van der Waals surface area contributed by atoms with Gasteiger partial charge in [0.25, 0.3) is 0 Å². The number of rotatable bonds is 5. The molecule has 2 N–H and O–H groups in total. The second kappa shape index (κ2) is 9.50. The van der Waals surface area contributed by atoms with Gasteiger partial charge in [-0.15, -0.1) is 34.2 Å². The Morgan fingerprint density at radius 1 is 0.964 bits per heavy atom. The molecule has 0 aliphatic rings. The van der Waals surface area contributed by atoms with Gasteiger partial charge in [0, 0.05) is 12.7 Å². The maximum atomic E-state index is 4.75. The summed E-state index contributed by atoms with van der Waals surface area (Å²) in [5.41, 5.74) is 2.05. The lowest BCUT2D eigenvalue weighted by atomic mass is 10.1. The zero-order valence-electron chi connectivity index (χ0n) is 15.7. The minimum atomic E-state index is 0. The molecule has 0 aliphatic heterocycles. The molecule has 0 atom stereocenters. The van der Waals surface area contributed by atoms with Crippen LogP contribution in [0, 0.1) is 0 Å². The average molecular weight is 486 g/mol. The summed E-state index contributed by atoms with van der Waals surface area (Å²) in [5.74, 6) is 1.61. The zero-order valence-corrected chi connectivity index (χ0v) is 18.0. The van der Waals surface area contributed by atoms with E-state index < -0.39 is 0 Å². The molecular weight excluding hydrogens is 463 g/mol. The third-order valence-corrected chi connectivity index (χ3v) is 4.43. The van der Waals surface area contributed by atoms with Gasteiger partial charge in [0.2, 0.25) is 0 Å². The molecule has 0 unspecified atom stereocenters. The minimum Gasteiger partial charge on any atom is -0.357 e. The highest BCUT2D eigenvalue weighted by atomic mass is 127. The molecule has 0 spiro atoms. The first kappa shape index (κ1) is 20.1. The van der Waals surface area contributed by atoms with Crippen LogP contribution in [-0.2, 0) is 13.1 Å². The molecule has 2 heterocycles. The number of fused-ring (bicyclic) bond motifs is 2. The summed E-state index contributed by atoms with van der Waals surface area (Å²) in [4.78, 5) is 4.75. The Hall–Kier alpha value is -2.68. The van der Waals surface area contributed by atoms with E-state index in [0.717, 1.165) is 24.0 Å². The number of halogens is 1. The summed E-state index contributed by atoms with van der Waals surface area (Å²) in [6.07, 6.45) is 1.96. The predicted octanol–water partition coefficient (Wildman–Crippen LogP) is 3.76. The number of hydrogen-bond acceptors (Lipinski definition) is 3. The van der Waals surface area contributed by atoms with E-state index in [1.807, 2.05) is 28.8 Å². The van der Waals surface area contributed by atoms with E-state index in [9.17, 15) is 0 Å². The van der Waals surface area contributed by atoms with Gasteiger partial charge in [-0.2, -0.15) is 0 Å². The van der Waals surface area contributed by atoms with E-state index in [2.05, 4.69) is 70.2 Å². The largest absolute Gasteiger partial charge is 0.357 e. The molecule has 144 valence electrons. The molecule has 2 aromatic heterocycles. The molecule has 2 aromatic carbocycles. The van der Waals surface area contributed by atoms with Gasteiger partial charge in [0.1, 0.15) is 0 Å². The Bertz CT molecular complexity index is 1080. The first-order valence-corrected chi connectivity index (χ1v) is 9.12. The Morgan fingerprint density at radius 3 is 2.68 bits per heavy atom. The van der Waals surface area contributed by atoms with E-state index in [4.69, 9.17) is 4.99 Å². The van der Waals surface area contributed by atoms with Crippen molar-refractivity contribution >= 4 is 46.4 Å². The van der Waals surface area contributed by atoms with Crippen molar-refractivity contribution in [3.8, 4) is 0 Å². The molecule has 28 heavy (non-hydrogen) atoms. The van der Waals surface area contributed by atoms with E-state index in [1.165, 1.54) is 16.3 Å². The lowest BCUT2D eigenvalue weighted by Crippen LogP contribution is -2.37. The summed E-state index contributed by atoms with van der Waals surface area (Å²) >= 11 is 0. The van der Waals surface area contributed by atoms with Gasteiger partial charge in [0.15, 0.2) is 17.4 Å². The van der Waals surface area contributed by atoms with Gasteiger partial charge in [-0.3, -0.25) is 4.40 Å². The summed E-state index contributed by atoms with van der Waals surface area (Å²) in [6, 6.07) is 20.6. The van der Waals surface area contributed by atoms with Gasteiger partial charge in [-0.05, 0) is 35.4 Å². The van der Waals surface area contributed by atoms with E-state index in [1.54, 1.807) is 0 Å². The molecule has 6 nitrogen and oxygen atoms in total. The smallest absolute Gasteiger partial charge is 0.191 e. The number of aliphatic imine (C=N–C) groups is 1. The van der Waals surface area contributed by atoms with E-state index in [0.29, 0.717) is 13.1 Å². The van der Waals surface area contributed by atoms with Gasteiger partial charge in [-0.25, -0.2) is 4.99 Å². The van der Waals surface area contributed by atoms with Crippen molar-refractivity contribution in [1.82, 2.24) is 25.2 Å². The van der Waals surface area contributed by atoms with Gasteiger partial charge in [0.05, 0.1) is 13.1 Å². The fraction of sp³-hybridized carbons (Fsp3) is 0.190. The Balaban J connectivity index is 0.00000225. The molecule has 0 fully saturated rings. The van der Waals surface area contributed by atoms with Crippen LogP contribution in [0.2, 0.25) is 0 Å². The summed E-state index contributed by atoms with van der Waals surface area (Å²) in [7, 11) is 0. The summed E-state index contributed by atoms with van der Waals surface area (Å²) in [5, 5.41) is 17.6. The van der Waals surface area contributed by atoms with Crippen LogP contribution in [0.5, 0.6) is 0 Å². The fourth-order valence-electron chi connectivity index (χ4n) is 3.11. The van der Waals surface area contributed by atoms with Gasteiger partial charge < -0.3 is 10.6 Å². The van der Waals surface area contributed by atoms with Crippen LogP contribution in [0.25, 0.3) is 16.4 Å². The van der Waals surface area contributed by atoms with Crippen molar-refractivity contribution in [2.24, 2.45) is 4.99 Å². The maximum absolute atomic E-state index is 4.75. The van der Waals surface area contributed by atoms with Crippen molar-refractivity contribution in [2.75, 3.05) is 6.54 Å². The van der Waals surface area contributed by atoms with E-state index in [-0.39, 0.29) is 24.0 Å². The van der Waals surface area contributed by atoms with E-state index >= 15 is 0 Å². The predicted molar refractivity (Wildman–Crippen MR) is 124 cm³/mol. The molecule has 0 radical (unpaired) electrons. The third kappa shape index (κ3) is 4.41. The number of guanidine groups is 1. The quantitative estimate of drug-likeness (QED) is 0.256.